The molecular weight excluding hydrogens is 247 g/mol. The number of furan rings is 1. The Morgan fingerprint density at radius 1 is 1.16 bits per heavy atom. The lowest BCUT2D eigenvalue weighted by Gasteiger charge is -1.99. The maximum atomic E-state index is 13.0. The van der Waals surface area contributed by atoms with Crippen LogP contribution in [0.5, 0.6) is 0 Å². The maximum Gasteiger partial charge on any atom is 0.293 e. The van der Waals surface area contributed by atoms with Gasteiger partial charge in [0, 0.05) is 17.9 Å². The summed E-state index contributed by atoms with van der Waals surface area (Å²) in [5.41, 5.74) is 0.606. The molecule has 0 saturated carbocycles. The summed E-state index contributed by atoms with van der Waals surface area (Å²) in [6.45, 7) is 0.973. The predicted molar refractivity (Wildman–Crippen MR) is 70.4 cm³/mol. The molecule has 0 N–H and O–H groups in total. The van der Waals surface area contributed by atoms with Gasteiger partial charge in [-0.05, 0) is 31.0 Å². The van der Waals surface area contributed by atoms with Crippen molar-refractivity contribution in [3.8, 4) is 0 Å². The monoisotopic (exact) mass is 264 g/mol. The molecule has 2 rings (SSSR count). The number of fused-ring (bicyclic) bond motifs is 1. The van der Waals surface area contributed by atoms with E-state index in [-0.39, 0.29) is 5.82 Å². The average Bonchev–Trinajstić information content (AvgIpc) is 2.79. The third kappa shape index (κ3) is 4.09. The van der Waals surface area contributed by atoms with Crippen molar-refractivity contribution in [1.82, 2.24) is 0 Å². The lowest BCUT2D eigenvalue weighted by molar-refractivity contribution is -0.128. The largest absolute Gasteiger partial charge is 0.468 e. The van der Waals surface area contributed by atoms with Gasteiger partial charge in [-0.1, -0.05) is 12.8 Å². The molecule has 4 heteroatoms. The number of ether oxygens (including phenoxy) is 1. The van der Waals surface area contributed by atoms with Crippen LogP contribution in [0.25, 0.3) is 11.0 Å². The van der Waals surface area contributed by atoms with Crippen LogP contribution < -0.4 is 0 Å². The number of unbranched alkanes of at least 4 members (excludes halogenated alkanes) is 3. The minimum absolute atomic E-state index is 0.274. The van der Waals surface area contributed by atoms with Crippen LogP contribution in [-0.2, 0) is 16.0 Å². The Morgan fingerprint density at radius 2 is 2.00 bits per heavy atom. The Labute approximate surface area is 111 Å². The van der Waals surface area contributed by atoms with E-state index < -0.39 is 0 Å². The van der Waals surface area contributed by atoms with Crippen molar-refractivity contribution in [2.75, 3.05) is 6.61 Å². The first-order valence-electron chi connectivity index (χ1n) is 6.53. The normalized spacial score (nSPS) is 10.8. The molecule has 0 aliphatic carbocycles. The number of aryl methyl sites for hydroxylation is 1. The van der Waals surface area contributed by atoms with Crippen molar-refractivity contribution >= 4 is 17.4 Å². The maximum absolute atomic E-state index is 13.0. The fourth-order valence-corrected chi connectivity index (χ4v) is 2.07. The molecule has 0 aliphatic rings. The van der Waals surface area contributed by atoms with Gasteiger partial charge in [-0.25, -0.2) is 4.39 Å². The molecule has 102 valence electrons. The molecule has 2 aromatic rings. The zero-order chi connectivity index (χ0) is 13.5. The molecule has 0 atom stereocenters. The van der Waals surface area contributed by atoms with E-state index >= 15 is 0 Å². The fraction of sp³-hybridized carbons (Fsp3) is 0.400. The lowest BCUT2D eigenvalue weighted by atomic mass is 10.1. The molecule has 3 nitrogen and oxygen atoms in total. The van der Waals surface area contributed by atoms with Crippen LogP contribution in [0.2, 0.25) is 0 Å². The standard InChI is InChI=1S/C15H17FO3/c16-13-7-6-12-9-14(19-15(12)10-13)5-3-1-2-4-8-18-11-17/h6-7,9-11H,1-5,8H2. The molecule has 0 fully saturated rings. The van der Waals surface area contributed by atoms with Crippen molar-refractivity contribution in [2.24, 2.45) is 0 Å². The van der Waals surface area contributed by atoms with Crippen LogP contribution in [0.15, 0.2) is 28.7 Å². The van der Waals surface area contributed by atoms with E-state index in [2.05, 4.69) is 4.74 Å². The zero-order valence-electron chi connectivity index (χ0n) is 10.7. The molecule has 0 spiro atoms. The van der Waals surface area contributed by atoms with E-state index in [9.17, 15) is 9.18 Å². The summed E-state index contributed by atoms with van der Waals surface area (Å²) in [6, 6.07) is 6.54. The Kier molecular flexibility index (Phi) is 4.95. The third-order valence-corrected chi connectivity index (χ3v) is 3.04. The highest BCUT2D eigenvalue weighted by molar-refractivity contribution is 5.77. The van der Waals surface area contributed by atoms with Crippen molar-refractivity contribution in [2.45, 2.75) is 32.1 Å². The first-order chi connectivity index (χ1) is 9.29. The van der Waals surface area contributed by atoms with Gasteiger partial charge in [0.05, 0.1) is 6.61 Å². The van der Waals surface area contributed by atoms with E-state index in [1.165, 1.54) is 12.1 Å². The molecule has 1 aromatic carbocycles. The summed E-state index contributed by atoms with van der Waals surface area (Å²) < 4.78 is 23.2. The van der Waals surface area contributed by atoms with Crippen molar-refractivity contribution < 1.29 is 18.3 Å². The van der Waals surface area contributed by atoms with Gasteiger partial charge in [0.2, 0.25) is 0 Å². The highest BCUT2D eigenvalue weighted by Crippen LogP contribution is 2.21. The van der Waals surface area contributed by atoms with Gasteiger partial charge >= 0.3 is 0 Å². The topological polar surface area (TPSA) is 39.4 Å². The van der Waals surface area contributed by atoms with Crippen molar-refractivity contribution in [3.05, 3.63) is 35.8 Å². The summed E-state index contributed by atoms with van der Waals surface area (Å²) in [5.74, 6) is 0.619. The molecule has 0 aliphatic heterocycles. The lowest BCUT2D eigenvalue weighted by Crippen LogP contribution is -1.91. The number of benzene rings is 1. The minimum Gasteiger partial charge on any atom is -0.468 e. The van der Waals surface area contributed by atoms with E-state index in [1.807, 2.05) is 6.07 Å². The van der Waals surface area contributed by atoms with Crippen LogP contribution in [0.1, 0.15) is 31.4 Å². The molecule has 19 heavy (non-hydrogen) atoms. The van der Waals surface area contributed by atoms with Crippen LogP contribution in [-0.4, -0.2) is 13.1 Å². The summed E-state index contributed by atoms with van der Waals surface area (Å²) in [5, 5.41) is 0.941. The first kappa shape index (κ1) is 13.6. The van der Waals surface area contributed by atoms with Gasteiger partial charge in [0.1, 0.15) is 17.2 Å². The summed E-state index contributed by atoms with van der Waals surface area (Å²) in [6.07, 6.45) is 4.86. The Hall–Kier alpha value is -1.84. The Morgan fingerprint density at radius 3 is 2.84 bits per heavy atom. The van der Waals surface area contributed by atoms with Crippen LogP contribution in [0, 0.1) is 5.82 Å². The molecular formula is C15H17FO3. The van der Waals surface area contributed by atoms with E-state index in [0.717, 1.165) is 43.3 Å². The number of carbonyl (C=O) groups is 1. The number of carbonyl (C=O) groups excluding carboxylic acids is 1. The molecule has 0 saturated heterocycles. The SMILES string of the molecule is O=COCCCCCCc1cc2ccc(F)cc2o1. The number of halogens is 1. The second kappa shape index (κ2) is 6.92. The molecule has 1 aromatic heterocycles. The first-order valence-corrected chi connectivity index (χ1v) is 6.53. The second-order valence-corrected chi connectivity index (χ2v) is 4.53. The van der Waals surface area contributed by atoms with Crippen LogP contribution in [0.3, 0.4) is 0 Å². The second-order valence-electron chi connectivity index (χ2n) is 4.53. The fourth-order valence-electron chi connectivity index (χ4n) is 2.07. The van der Waals surface area contributed by atoms with E-state index in [1.54, 1.807) is 6.07 Å². The molecule has 0 bridgehead atoms. The smallest absolute Gasteiger partial charge is 0.293 e. The number of hydrogen-bond acceptors (Lipinski definition) is 3. The van der Waals surface area contributed by atoms with Crippen LogP contribution in [0.4, 0.5) is 4.39 Å². The van der Waals surface area contributed by atoms with E-state index in [4.69, 9.17) is 4.42 Å². The van der Waals surface area contributed by atoms with Gasteiger partial charge in [-0.2, -0.15) is 0 Å². The molecule has 1 heterocycles. The number of hydrogen-bond donors (Lipinski definition) is 0. The Balaban J connectivity index is 1.74. The molecule has 0 unspecified atom stereocenters. The number of rotatable bonds is 8. The van der Waals surface area contributed by atoms with Crippen LogP contribution >= 0.6 is 0 Å². The highest BCUT2D eigenvalue weighted by Gasteiger charge is 2.04. The van der Waals surface area contributed by atoms with Gasteiger partial charge in [0.25, 0.3) is 6.47 Å². The zero-order valence-corrected chi connectivity index (χ0v) is 10.7. The summed E-state index contributed by atoms with van der Waals surface area (Å²) >= 11 is 0. The van der Waals surface area contributed by atoms with E-state index in [0.29, 0.717) is 18.7 Å². The summed E-state index contributed by atoms with van der Waals surface area (Å²) in [4.78, 5) is 9.93. The predicted octanol–water partition coefficient (Wildman–Crippen LogP) is 3.85. The van der Waals surface area contributed by atoms with Gasteiger partial charge in [0.15, 0.2) is 0 Å². The highest BCUT2D eigenvalue weighted by atomic mass is 19.1. The molecule has 0 amide bonds. The summed E-state index contributed by atoms with van der Waals surface area (Å²) in [7, 11) is 0. The van der Waals surface area contributed by atoms with Gasteiger partial charge in [-0.15, -0.1) is 0 Å². The van der Waals surface area contributed by atoms with Crippen molar-refractivity contribution in [1.29, 1.82) is 0 Å². The van der Waals surface area contributed by atoms with Crippen molar-refractivity contribution in [3.63, 3.8) is 0 Å². The average molecular weight is 264 g/mol. The van der Waals surface area contributed by atoms with Gasteiger partial charge in [-0.3, -0.25) is 4.79 Å². The minimum atomic E-state index is -0.274. The van der Waals surface area contributed by atoms with Gasteiger partial charge < -0.3 is 9.15 Å². The molecule has 0 radical (unpaired) electrons. The Bertz CT molecular complexity index is 533. The quantitative estimate of drug-likeness (QED) is 0.537. The third-order valence-electron chi connectivity index (χ3n) is 3.04.